The Kier molecular flexibility index (Phi) is 3.55. The van der Waals surface area contributed by atoms with Gasteiger partial charge < -0.3 is 5.32 Å². The number of hydrogen-bond acceptors (Lipinski definition) is 2. The first kappa shape index (κ1) is 12.5. The van der Waals surface area contributed by atoms with Crippen LogP contribution < -0.4 is 5.32 Å². The molecular formula is C14H14F2N2. The Labute approximate surface area is 105 Å². The number of benzene rings is 1. The molecule has 18 heavy (non-hydrogen) atoms. The molecule has 0 aliphatic heterocycles. The number of aryl methyl sites for hydroxylation is 1. The Bertz CT molecular complexity index is 538. The molecule has 4 heteroatoms. The molecule has 0 aliphatic carbocycles. The van der Waals surface area contributed by atoms with E-state index in [0.29, 0.717) is 16.9 Å². The third-order valence-electron chi connectivity index (χ3n) is 2.75. The van der Waals surface area contributed by atoms with E-state index in [9.17, 15) is 8.78 Å². The van der Waals surface area contributed by atoms with Gasteiger partial charge in [-0.05, 0) is 43.7 Å². The molecule has 1 N–H and O–H groups in total. The van der Waals surface area contributed by atoms with Crippen LogP contribution in [0.3, 0.4) is 0 Å². The zero-order chi connectivity index (χ0) is 13.1. The number of halogens is 2. The Morgan fingerprint density at radius 3 is 2.56 bits per heavy atom. The molecule has 0 spiro atoms. The van der Waals surface area contributed by atoms with Gasteiger partial charge >= 0.3 is 0 Å². The van der Waals surface area contributed by atoms with E-state index in [-0.39, 0.29) is 17.7 Å². The summed E-state index contributed by atoms with van der Waals surface area (Å²) in [6.07, 6.45) is 1.17. The van der Waals surface area contributed by atoms with Gasteiger partial charge in [-0.1, -0.05) is 6.07 Å². The number of nitrogens with zero attached hydrogens (tertiary/aromatic N) is 1. The summed E-state index contributed by atoms with van der Waals surface area (Å²) in [5, 5.41) is 3.12. The highest BCUT2D eigenvalue weighted by atomic mass is 19.1. The van der Waals surface area contributed by atoms with Crippen LogP contribution in [0.2, 0.25) is 0 Å². The minimum Gasteiger partial charge on any atom is -0.377 e. The van der Waals surface area contributed by atoms with Gasteiger partial charge in [-0.3, -0.25) is 4.98 Å². The van der Waals surface area contributed by atoms with Crippen molar-refractivity contribution in [2.45, 2.75) is 19.9 Å². The van der Waals surface area contributed by atoms with Crippen molar-refractivity contribution in [2.75, 3.05) is 5.32 Å². The van der Waals surface area contributed by atoms with Gasteiger partial charge in [-0.25, -0.2) is 8.78 Å². The number of nitrogens with one attached hydrogen (secondary N) is 1. The van der Waals surface area contributed by atoms with Crippen molar-refractivity contribution in [3.63, 3.8) is 0 Å². The molecular weight excluding hydrogens is 234 g/mol. The second-order valence-corrected chi connectivity index (χ2v) is 4.23. The van der Waals surface area contributed by atoms with Gasteiger partial charge in [0, 0.05) is 5.69 Å². The lowest BCUT2D eigenvalue weighted by atomic mass is 10.1. The third-order valence-corrected chi connectivity index (χ3v) is 2.75. The summed E-state index contributed by atoms with van der Waals surface area (Å²) in [4.78, 5) is 3.98. The van der Waals surface area contributed by atoms with Gasteiger partial charge in [0.1, 0.15) is 11.6 Å². The summed E-state index contributed by atoms with van der Waals surface area (Å²) in [6.45, 7) is 3.60. The maximum Gasteiger partial charge on any atom is 0.141 e. The van der Waals surface area contributed by atoms with Crippen molar-refractivity contribution in [3.05, 3.63) is 59.4 Å². The molecule has 0 fully saturated rings. The van der Waals surface area contributed by atoms with Crippen LogP contribution in [0.4, 0.5) is 14.5 Å². The van der Waals surface area contributed by atoms with Crippen LogP contribution in [-0.4, -0.2) is 4.98 Å². The molecule has 0 saturated heterocycles. The summed E-state index contributed by atoms with van der Waals surface area (Å²) in [7, 11) is 0. The lowest BCUT2D eigenvalue weighted by molar-refractivity contribution is 0.616. The number of anilines is 1. The van der Waals surface area contributed by atoms with E-state index in [1.807, 2.05) is 6.92 Å². The largest absolute Gasteiger partial charge is 0.377 e. The Balaban J connectivity index is 2.13. The zero-order valence-electron chi connectivity index (χ0n) is 10.2. The molecule has 1 atom stereocenters. The van der Waals surface area contributed by atoms with Gasteiger partial charge in [-0.2, -0.15) is 0 Å². The van der Waals surface area contributed by atoms with Crippen molar-refractivity contribution in [3.8, 4) is 0 Å². The van der Waals surface area contributed by atoms with Crippen molar-refractivity contribution < 1.29 is 8.78 Å². The minimum atomic E-state index is -0.368. The molecule has 0 amide bonds. The van der Waals surface area contributed by atoms with Crippen molar-refractivity contribution in [1.29, 1.82) is 0 Å². The van der Waals surface area contributed by atoms with E-state index in [1.54, 1.807) is 25.1 Å². The Morgan fingerprint density at radius 1 is 1.17 bits per heavy atom. The van der Waals surface area contributed by atoms with Crippen LogP contribution in [0.5, 0.6) is 0 Å². The zero-order valence-corrected chi connectivity index (χ0v) is 10.2. The van der Waals surface area contributed by atoms with Gasteiger partial charge in [-0.15, -0.1) is 0 Å². The number of aromatic nitrogens is 1. The first-order valence-electron chi connectivity index (χ1n) is 5.70. The summed E-state index contributed by atoms with van der Waals surface area (Å²) in [6, 6.07) is 7.80. The molecule has 0 saturated carbocycles. The Morgan fingerprint density at radius 2 is 1.94 bits per heavy atom. The van der Waals surface area contributed by atoms with Crippen LogP contribution in [0.15, 0.2) is 36.5 Å². The lowest BCUT2D eigenvalue weighted by Crippen LogP contribution is -2.08. The number of pyridine rings is 1. The summed E-state index contributed by atoms with van der Waals surface area (Å²) in [5.74, 6) is -0.619. The fraction of sp³-hybridized carbons (Fsp3) is 0.214. The normalized spacial score (nSPS) is 12.2. The van der Waals surface area contributed by atoms with Gasteiger partial charge in [0.15, 0.2) is 0 Å². The van der Waals surface area contributed by atoms with Crippen molar-refractivity contribution in [2.24, 2.45) is 0 Å². The van der Waals surface area contributed by atoms with E-state index in [0.717, 1.165) is 0 Å². The van der Waals surface area contributed by atoms with Gasteiger partial charge in [0.05, 0.1) is 17.9 Å². The average Bonchev–Trinajstić information content (AvgIpc) is 2.34. The standard InChI is InChI=1S/C14H14F2N2/c1-9-3-5-12(7-13(9)16)18-10(2)14-6-4-11(15)8-17-14/h3-8,10,18H,1-2H3. The molecule has 1 unspecified atom stereocenters. The lowest BCUT2D eigenvalue weighted by Gasteiger charge is -2.15. The molecule has 2 rings (SSSR count). The molecule has 1 aromatic heterocycles. The average molecular weight is 248 g/mol. The second-order valence-electron chi connectivity index (χ2n) is 4.23. The summed E-state index contributed by atoms with van der Waals surface area (Å²) >= 11 is 0. The van der Waals surface area contributed by atoms with E-state index in [4.69, 9.17) is 0 Å². The van der Waals surface area contributed by atoms with Crippen LogP contribution in [0, 0.1) is 18.6 Å². The molecule has 1 aromatic carbocycles. The second kappa shape index (κ2) is 5.12. The molecule has 2 aromatic rings. The fourth-order valence-electron chi connectivity index (χ4n) is 1.65. The van der Waals surface area contributed by atoms with Crippen LogP contribution in [0.1, 0.15) is 24.2 Å². The van der Waals surface area contributed by atoms with E-state index in [1.165, 1.54) is 18.3 Å². The maximum absolute atomic E-state index is 13.4. The SMILES string of the molecule is Cc1ccc(NC(C)c2ccc(F)cn2)cc1F. The third kappa shape index (κ3) is 2.83. The predicted octanol–water partition coefficient (Wildman–Crippen LogP) is 3.84. The van der Waals surface area contributed by atoms with Crippen LogP contribution in [-0.2, 0) is 0 Å². The minimum absolute atomic E-state index is 0.118. The predicted molar refractivity (Wildman–Crippen MR) is 67.4 cm³/mol. The fourth-order valence-corrected chi connectivity index (χ4v) is 1.65. The van der Waals surface area contributed by atoms with Crippen molar-refractivity contribution in [1.82, 2.24) is 4.98 Å². The molecule has 0 bridgehead atoms. The monoisotopic (exact) mass is 248 g/mol. The first-order valence-corrected chi connectivity index (χ1v) is 5.70. The quantitative estimate of drug-likeness (QED) is 0.892. The number of rotatable bonds is 3. The summed E-state index contributed by atoms with van der Waals surface area (Å²) in [5.41, 5.74) is 1.99. The molecule has 0 radical (unpaired) electrons. The van der Waals surface area contributed by atoms with E-state index in [2.05, 4.69) is 10.3 Å². The van der Waals surface area contributed by atoms with E-state index < -0.39 is 0 Å². The van der Waals surface area contributed by atoms with Crippen LogP contribution in [0.25, 0.3) is 0 Å². The highest BCUT2D eigenvalue weighted by Gasteiger charge is 2.08. The summed E-state index contributed by atoms with van der Waals surface area (Å²) < 4.78 is 26.1. The Hall–Kier alpha value is -1.97. The first-order chi connectivity index (χ1) is 8.56. The van der Waals surface area contributed by atoms with E-state index >= 15 is 0 Å². The van der Waals surface area contributed by atoms with Crippen molar-refractivity contribution >= 4 is 5.69 Å². The molecule has 1 heterocycles. The van der Waals surface area contributed by atoms with Gasteiger partial charge in [0.25, 0.3) is 0 Å². The molecule has 0 aliphatic rings. The van der Waals surface area contributed by atoms with Crippen LogP contribution >= 0.6 is 0 Å². The maximum atomic E-state index is 13.4. The highest BCUT2D eigenvalue weighted by Crippen LogP contribution is 2.19. The topological polar surface area (TPSA) is 24.9 Å². The molecule has 94 valence electrons. The smallest absolute Gasteiger partial charge is 0.141 e. The number of hydrogen-bond donors (Lipinski definition) is 1. The highest BCUT2D eigenvalue weighted by molar-refractivity contribution is 5.46. The molecule has 2 nitrogen and oxygen atoms in total. The van der Waals surface area contributed by atoms with Gasteiger partial charge in [0.2, 0.25) is 0 Å².